The summed E-state index contributed by atoms with van der Waals surface area (Å²) in [6.07, 6.45) is 3.37. The number of hydrogen-bond acceptors (Lipinski definition) is 5. The summed E-state index contributed by atoms with van der Waals surface area (Å²) in [5, 5.41) is 10.9. The molecule has 1 aromatic heterocycles. The van der Waals surface area contributed by atoms with E-state index in [1.807, 2.05) is 12.1 Å². The highest BCUT2D eigenvalue weighted by Gasteiger charge is 2.33. The van der Waals surface area contributed by atoms with Gasteiger partial charge < -0.3 is 9.84 Å². The van der Waals surface area contributed by atoms with E-state index in [9.17, 15) is 14.7 Å². The predicted octanol–water partition coefficient (Wildman–Crippen LogP) is 3.46. The van der Waals surface area contributed by atoms with Gasteiger partial charge in [-0.15, -0.1) is 0 Å². The van der Waals surface area contributed by atoms with Crippen molar-refractivity contribution in [1.82, 2.24) is 4.98 Å². The number of fused-ring (bicyclic) bond motifs is 1. The van der Waals surface area contributed by atoms with E-state index in [2.05, 4.69) is 4.98 Å². The summed E-state index contributed by atoms with van der Waals surface area (Å²) >= 11 is 0. The van der Waals surface area contributed by atoms with Gasteiger partial charge in [-0.05, 0) is 23.8 Å². The molecule has 0 spiro atoms. The summed E-state index contributed by atoms with van der Waals surface area (Å²) in [4.78, 5) is 28.8. The van der Waals surface area contributed by atoms with Gasteiger partial charge in [0, 0.05) is 29.4 Å². The lowest BCUT2D eigenvalue weighted by Gasteiger charge is -2.26. The summed E-state index contributed by atoms with van der Waals surface area (Å²) in [6.45, 7) is 0. The van der Waals surface area contributed by atoms with E-state index in [0.29, 0.717) is 11.1 Å². The molecule has 1 aliphatic rings. The van der Waals surface area contributed by atoms with E-state index in [0.717, 1.165) is 5.56 Å². The first-order valence-corrected chi connectivity index (χ1v) is 8.21. The topological polar surface area (TPSA) is 76.5 Å². The van der Waals surface area contributed by atoms with Crippen LogP contribution in [-0.2, 0) is 4.79 Å². The van der Waals surface area contributed by atoms with Crippen LogP contribution in [0.1, 0.15) is 39.4 Å². The summed E-state index contributed by atoms with van der Waals surface area (Å²) in [7, 11) is 0. The molecule has 0 unspecified atom stereocenters. The minimum Gasteiger partial charge on any atom is -0.507 e. The van der Waals surface area contributed by atoms with Crippen molar-refractivity contribution in [3.63, 3.8) is 0 Å². The number of phenolic OH excluding ortho intramolecular Hbond substituents is 1. The quantitative estimate of drug-likeness (QED) is 0.447. The highest BCUT2D eigenvalue weighted by atomic mass is 16.5. The van der Waals surface area contributed by atoms with Crippen molar-refractivity contribution < 1.29 is 19.4 Å². The maximum atomic E-state index is 12.8. The van der Waals surface area contributed by atoms with Crippen molar-refractivity contribution >= 4 is 11.8 Å². The first-order chi connectivity index (χ1) is 12.6. The fourth-order valence-corrected chi connectivity index (χ4v) is 3.24. The number of aromatic hydroxyl groups is 1. The van der Waals surface area contributed by atoms with E-state index in [1.165, 1.54) is 6.07 Å². The highest BCUT2D eigenvalue weighted by Crippen LogP contribution is 2.45. The zero-order valence-electron chi connectivity index (χ0n) is 13.8. The Kier molecular flexibility index (Phi) is 3.97. The first-order valence-electron chi connectivity index (χ1n) is 8.21. The Morgan fingerprint density at radius 2 is 1.88 bits per heavy atom. The Balaban J connectivity index is 1.85. The van der Waals surface area contributed by atoms with Gasteiger partial charge in [-0.3, -0.25) is 14.6 Å². The summed E-state index contributed by atoms with van der Waals surface area (Å²) < 4.78 is 5.27. The van der Waals surface area contributed by atoms with Gasteiger partial charge in [0.15, 0.2) is 5.78 Å². The number of esters is 1. The van der Waals surface area contributed by atoms with Crippen molar-refractivity contribution in [3.8, 4) is 11.5 Å². The first kappa shape index (κ1) is 16.0. The minimum absolute atomic E-state index is 0.0786. The number of ether oxygens (including phenoxy) is 1. The molecule has 4 rings (SSSR count). The molecular weight excluding hydrogens is 330 g/mol. The lowest BCUT2D eigenvalue weighted by atomic mass is 9.84. The van der Waals surface area contributed by atoms with Crippen molar-refractivity contribution in [2.24, 2.45) is 0 Å². The third-order valence-corrected chi connectivity index (χ3v) is 4.49. The summed E-state index contributed by atoms with van der Waals surface area (Å²) in [5.74, 6) is -0.959. The molecule has 1 N–H and O–H groups in total. The maximum absolute atomic E-state index is 12.8. The molecule has 2 aromatic carbocycles. The number of ketones is 1. The molecule has 0 saturated carbocycles. The SMILES string of the molecule is O=C1C[C@@H](c2cccnc2)c2c(ccc(C(=O)c3ccccc3)c2O)O1. The van der Waals surface area contributed by atoms with Crippen LogP contribution in [-0.4, -0.2) is 21.8 Å². The molecule has 0 amide bonds. The zero-order valence-corrected chi connectivity index (χ0v) is 13.8. The van der Waals surface area contributed by atoms with Gasteiger partial charge in [-0.2, -0.15) is 0 Å². The van der Waals surface area contributed by atoms with Crippen molar-refractivity contribution in [3.05, 3.63) is 89.2 Å². The van der Waals surface area contributed by atoms with Crippen LogP contribution in [0.5, 0.6) is 11.5 Å². The highest BCUT2D eigenvalue weighted by molar-refractivity contribution is 6.11. The van der Waals surface area contributed by atoms with Crippen LogP contribution < -0.4 is 4.74 Å². The standard InChI is InChI=1S/C21H15NO4/c23-18-11-16(14-7-4-10-22-12-14)19-17(26-18)9-8-15(21(19)25)20(24)13-5-2-1-3-6-13/h1-10,12,16,25H,11H2/t16-/m0/s1. The molecule has 0 aliphatic carbocycles. The number of carbonyl (C=O) groups is 2. The molecule has 2 heterocycles. The van der Waals surface area contributed by atoms with Crippen LogP contribution in [0.25, 0.3) is 0 Å². The summed E-state index contributed by atoms with van der Waals surface area (Å²) in [6, 6.07) is 15.4. The van der Waals surface area contributed by atoms with E-state index in [1.54, 1.807) is 48.8 Å². The van der Waals surface area contributed by atoms with Gasteiger partial charge in [0.25, 0.3) is 0 Å². The smallest absolute Gasteiger partial charge is 0.312 e. The lowest BCUT2D eigenvalue weighted by molar-refractivity contribution is -0.135. The minimum atomic E-state index is -0.413. The number of rotatable bonds is 3. The molecule has 0 saturated heterocycles. The molecular formula is C21H15NO4. The third kappa shape index (κ3) is 2.73. The fraction of sp³-hybridized carbons (Fsp3) is 0.0952. The Hall–Kier alpha value is -3.47. The van der Waals surface area contributed by atoms with Gasteiger partial charge in [0.1, 0.15) is 11.5 Å². The van der Waals surface area contributed by atoms with Crippen LogP contribution in [0.3, 0.4) is 0 Å². The maximum Gasteiger partial charge on any atom is 0.312 e. The van der Waals surface area contributed by atoms with Gasteiger partial charge in [-0.1, -0.05) is 36.4 Å². The van der Waals surface area contributed by atoms with Gasteiger partial charge in [0.05, 0.1) is 12.0 Å². The van der Waals surface area contributed by atoms with Gasteiger partial charge in [-0.25, -0.2) is 0 Å². The normalized spacial score (nSPS) is 15.8. The van der Waals surface area contributed by atoms with Crippen LogP contribution in [0.15, 0.2) is 67.0 Å². The predicted molar refractivity (Wildman–Crippen MR) is 94.3 cm³/mol. The Morgan fingerprint density at radius 3 is 2.62 bits per heavy atom. The Labute approximate surface area is 149 Å². The Bertz CT molecular complexity index is 984. The van der Waals surface area contributed by atoms with E-state index in [-0.39, 0.29) is 35.2 Å². The van der Waals surface area contributed by atoms with Crippen LogP contribution in [0.2, 0.25) is 0 Å². The van der Waals surface area contributed by atoms with Crippen LogP contribution in [0.4, 0.5) is 0 Å². The van der Waals surface area contributed by atoms with Crippen LogP contribution >= 0.6 is 0 Å². The number of aromatic nitrogens is 1. The van der Waals surface area contributed by atoms with E-state index >= 15 is 0 Å². The fourth-order valence-electron chi connectivity index (χ4n) is 3.24. The molecule has 0 radical (unpaired) electrons. The van der Waals surface area contributed by atoms with Gasteiger partial charge >= 0.3 is 5.97 Å². The molecule has 5 nitrogen and oxygen atoms in total. The van der Waals surface area contributed by atoms with Crippen molar-refractivity contribution in [1.29, 1.82) is 0 Å². The van der Waals surface area contributed by atoms with Crippen LogP contribution in [0, 0.1) is 0 Å². The second kappa shape index (κ2) is 6.44. The number of nitrogens with zero attached hydrogens (tertiary/aromatic N) is 1. The number of hydrogen-bond donors (Lipinski definition) is 1. The van der Waals surface area contributed by atoms with Crippen molar-refractivity contribution in [2.45, 2.75) is 12.3 Å². The average Bonchev–Trinajstić information content (AvgIpc) is 2.68. The zero-order chi connectivity index (χ0) is 18.1. The molecule has 26 heavy (non-hydrogen) atoms. The second-order valence-electron chi connectivity index (χ2n) is 6.09. The van der Waals surface area contributed by atoms with Crippen molar-refractivity contribution in [2.75, 3.05) is 0 Å². The second-order valence-corrected chi connectivity index (χ2v) is 6.09. The largest absolute Gasteiger partial charge is 0.507 e. The molecule has 5 heteroatoms. The van der Waals surface area contributed by atoms with E-state index < -0.39 is 5.92 Å². The molecule has 3 aromatic rings. The molecule has 1 aliphatic heterocycles. The Morgan fingerprint density at radius 1 is 1.08 bits per heavy atom. The van der Waals surface area contributed by atoms with Gasteiger partial charge in [0.2, 0.25) is 0 Å². The van der Waals surface area contributed by atoms with E-state index in [4.69, 9.17) is 4.74 Å². The third-order valence-electron chi connectivity index (χ3n) is 4.49. The molecule has 1 atom stereocenters. The number of benzene rings is 2. The molecule has 0 fully saturated rings. The summed E-state index contributed by atoms with van der Waals surface area (Å²) in [5.41, 5.74) is 1.89. The monoisotopic (exact) mass is 345 g/mol. The average molecular weight is 345 g/mol. The number of phenols is 1. The molecule has 128 valence electrons. The lowest BCUT2D eigenvalue weighted by Crippen LogP contribution is -2.22. The molecule has 0 bridgehead atoms. The number of pyridine rings is 1. The number of carbonyl (C=O) groups excluding carboxylic acids is 2.